The van der Waals surface area contributed by atoms with Gasteiger partial charge in [0.05, 0.1) is 14.2 Å². The SMILES string of the molecule is CCCn1c(C)cc(/C=C(\C#N)C(=O)Nc2cc(OC)cc(OC)c2)c1C. The summed E-state index contributed by atoms with van der Waals surface area (Å²) in [7, 11) is 3.07. The molecule has 0 saturated carbocycles. The number of methoxy groups -OCH3 is 2. The Bertz CT molecular complexity index is 882. The van der Waals surface area contributed by atoms with Gasteiger partial charge in [-0.2, -0.15) is 5.26 Å². The summed E-state index contributed by atoms with van der Waals surface area (Å²) in [6.45, 7) is 7.04. The topological polar surface area (TPSA) is 76.3 Å². The third-order valence-corrected chi connectivity index (χ3v) is 4.33. The van der Waals surface area contributed by atoms with Crippen molar-refractivity contribution in [2.45, 2.75) is 33.7 Å². The summed E-state index contributed by atoms with van der Waals surface area (Å²) >= 11 is 0. The zero-order valence-electron chi connectivity index (χ0n) is 16.4. The third-order valence-electron chi connectivity index (χ3n) is 4.33. The van der Waals surface area contributed by atoms with E-state index in [4.69, 9.17) is 9.47 Å². The van der Waals surface area contributed by atoms with Crippen LogP contribution in [0, 0.1) is 25.2 Å². The van der Waals surface area contributed by atoms with Gasteiger partial charge in [0.1, 0.15) is 23.1 Å². The number of nitriles is 1. The fourth-order valence-corrected chi connectivity index (χ4v) is 2.92. The van der Waals surface area contributed by atoms with E-state index in [1.807, 2.05) is 26.0 Å². The molecular formula is C21H25N3O3. The third kappa shape index (κ3) is 4.70. The van der Waals surface area contributed by atoms with Gasteiger partial charge in [-0.3, -0.25) is 4.79 Å². The predicted octanol–water partition coefficient (Wildman–Crippen LogP) is 4.08. The number of amides is 1. The van der Waals surface area contributed by atoms with E-state index in [9.17, 15) is 10.1 Å². The van der Waals surface area contributed by atoms with Gasteiger partial charge in [0, 0.05) is 41.8 Å². The molecular weight excluding hydrogens is 342 g/mol. The first-order chi connectivity index (χ1) is 12.9. The highest BCUT2D eigenvalue weighted by molar-refractivity contribution is 6.09. The van der Waals surface area contributed by atoms with Crippen LogP contribution in [0.3, 0.4) is 0 Å². The average molecular weight is 367 g/mol. The van der Waals surface area contributed by atoms with Crippen LogP contribution in [0.1, 0.15) is 30.3 Å². The summed E-state index contributed by atoms with van der Waals surface area (Å²) in [6, 6.07) is 9.03. The zero-order chi connectivity index (χ0) is 20.0. The Balaban J connectivity index is 2.30. The second-order valence-electron chi connectivity index (χ2n) is 6.20. The van der Waals surface area contributed by atoms with E-state index in [-0.39, 0.29) is 5.57 Å². The predicted molar refractivity (Wildman–Crippen MR) is 106 cm³/mol. The molecule has 0 bridgehead atoms. The second-order valence-corrected chi connectivity index (χ2v) is 6.20. The van der Waals surface area contributed by atoms with E-state index in [1.54, 1.807) is 24.3 Å². The van der Waals surface area contributed by atoms with E-state index in [0.29, 0.717) is 17.2 Å². The molecule has 0 saturated heterocycles. The van der Waals surface area contributed by atoms with Crippen molar-refractivity contribution < 1.29 is 14.3 Å². The van der Waals surface area contributed by atoms with Gasteiger partial charge in [-0.1, -0.05) is 6.92 Å². The van der Waals surface area contributed by atoms with Crippen LogP contribution in [0.5, 0.6) is 11.5 Å². The standard InChI is InChI=1S/C21H25N3O3/c1-6-7-24-14(2)8-16(15(24)3)9-17(13-22)21(25)23-18-10-19(26-4)12-20(11-18)27-5/h8-12H,6-7H2,1-5H3,(H,23,25)/b17-9+. The summed E-state index contributed by atoms with van der Waals surface area (Å²) in [5.74, 6) is 0.624. The minimum atomic E-state index is -0.479. The van der Waals surface area contributed by atoms with Crippen molar-refractivity contribution >= 4 is 17.7 Å². The Hall–Kier alpha value is -3.20. The Morgan fingerprint density at radius 2 is 1.81 bits per heavy atom. The quantitative estimate of drug-likeness (QED) is 0.591. The van der Waals surface area contributed by atoms with Crippen LogP contribution >= 0.6 is 0 Å². The molecule has 27 heavy (non-hydrogen) atoms. The molecule has 0 fully saturated rings. The maximum absolute atomic E-state index is 12.6. The highest BCUT2D eigenvalue weighted by atomic mass is 16.5. The van der Waals surface area contributed by atoms with E-state index in [1.165, 1.54) is 14.2 Å². The fraction of sp³-hybridized carbons (Fsp3) is 0.333. The molecule has 0 aliphatic carbocycles. The number of anilines is 1. The molecule has 1 heterocycles. The monoisotopic (exact) mass is 367 g/mol. The first-order valence-corrected chi connectivity index (χ1v) is 8.76. The molecule has 1 aromatic carbocycles. The van der Waals surface area contributed by atoms with Gasteiger partial charge in [0.15, 0.2) is 0 Å². The van der Waals surface area contributed by atoms with Crippen molar-refractivity contribution in [3.8, 4) is 17.6 Å². The summed E-state index contributed by atoms with van der Waals surface area (Å²) in [4.78, 5) is 12.6. The Morgan fingerprint density at radius 3 is 2.33 bits per heavy atom. The number of hydrogen-bond acceptors (Lipinski definition) is 4. The number of hydrogen-bond donors (Lipinski definition) is 1. The average Bonchev–Trinajstić information content (AvgIpc) is 2.93. The number of nitrogens with zero attached hydrogens (tertiary/aromatic N) is 2. The smallest absolute Gasteiger partial charge is 0.266 e. The lowest BCUT2D eigenvalue weighted by atomic mass is 10.1. The van der Waals surface area contributed by atoms with E-state index in [2.05, 4.69) is 16.8 Å². The van der Waals surface area contributed by atoms with Gasteiger partial charge in [0.25, 0.3) is 5.91 Å². The number of rotatable bonds is 7. The summed E-state index contributed by atoms with van der Waals surface area (Å²) < 4.78 is 12.6. The van der Waals surface area contributed by atoms with Crippen molar-refractivity contribution in [2.75, 3.05) is 19.5 Å². The number of nitrogens with one attached hydrogen (secondary N) is 1. The van der Waals surface area contributed by atoms with Crippen LogP contribution in [0.2, 0.25) is 0 Å². The number of ether oxygens (including phenoxy) is 2. The van der Waals surface area contributed by atoms with Gasteiger partial charge >= 0.3 is 0 Å². The van der Waals surface area contributed by atoms with Crippen molar-refractivity contribution in [2.24, 2.45) is 0 Å². The highest BCUT2D eigenvalue weighted by Crippen LogP contribution is 2.26. The van der Waals surface area contributed by atoms with Crippen LogP contribution in [0.15, 0.2) is 29.8 Å². The van der Waals surface area contributed by atoms with Crippen LogP contribution < -0.4 is 14.8 Å². The highest BCUT2D eigenvalue weighted by Gasteiger charge is 2.14. The minimum absolute atomic E-state index is 0.0357. The first-order valence-electron chi connectivity index (χ1n) is 8.76. The summed E-state index contributed by atoms with van der Waals surface area (Å²) in [5, 5.41) is 12.2. The second kappa shape index (κ2) is 8.95. The maximum Gasteiger partial charge on any atom is 0.266 e. The Morgan fingerprint density at radius 1 is 1.19 bits per heavy atom. The zero-order valence-corrected chi connectivity index (χ0v) is 16.4. The molecule has 0 aliphatic heterocycles. The molecule has 0 aliphatic rings. The Kier molecular flexibility index (Phi) is 6.67. The van der Waals surface area contributed by atoms with Gasteiger partial charge in [-0.25, -0.2) is 0 Å². The van der Waals surface area contributed by atoms with Crippen LogP contribution in [-0.4, -0.2) is 24.7 Å². The van der Waals surface area contributed by atoms with Crippen LogP contribution in [0.25, 0.3) is 6.08 Å². The number of aryl methyl sites for hydroxylation is 1. The lowest BCUT2D eigenvalue weighted by molar-refractivity contribution is -0.112. The molecule has 142 valence electrons. The van der Waals surface area contributed by atoms with Gasteiger partial charge in [0.2, 0.25) is 0 Å². The molecule has 6 nitrogen and oxygen atoms in total. The van der Waals surface area contributed by atoms with E-state index < -0.39 is 5.91 Å². The lowest BCUT2D eigenvalue weighted by Crippen LogP contribution is -2.13. The molecule has 0 atom stereocenters. The summed E-state index contributed by atoms with van der Waals surface area (Å²) in [5.41, 5.74) is 3.55. The first kappa shape index (κ1) is 20.1. The molecule has 0 radical (unpaired) electrons. The number of aromatic nitrogens is 1. The van der Waals surface area contributed by atoms with Crippen LogP contribution in [0.4, 0.5) is 5.69 Å². The lowest BCUT2D eigenvalue weighted by Gasteiger charge is -2.09. The van der Waals surface area contributed by atoms with E-state index in [0.717, 1.165) is 29.9 Å². The normalized spacial score (nSPS) is 11.0. The largest absolute Gasteiger partial charge is 0.497 e. The molecule has 6 heteroatoms. The van der Waals surface area contributed by atoms with Crippen LogP contribution in [-0.2, 0) is 11.3 Å². The van der Waals surface area contributed by atoms with Crippen molar-refractivity contribution in [3.05, 3.63) is 46.8 Å². The minimum Gasteiger partial charge on any atom is -0.497 e. The number of carbonyl (C=O) groups is 1. The molecule has 0 spiro atoms. The Labute approximate surface area is 160 Å². The van der Waals surface area contributed by atoms with Crippen molar-refractivity contribution in [3.63, 3.8) is 0 Å². The summed E-state index contributed by atoms with van der Waals surface area (Å²) in [6.07, 6.45) is 2.64. The molecule has 2 rings (SSSR count). The molecule has 0 unspecified atom stereocenters. The van der Waals surface area contributed by atoms with Gasteiger partial charge in [-0.15, -0.1) is 0 Å². The molecule has 1 N–H and O–H groups in total. The molecule has 1 amide bonds. The van der Waals surface area contributed by atoms with Gasteiger partial charge in [-0.05, 0) is 38.0 Å². The number of benzene rings is 1. The molecule has 1 aromatic heterocycles. The van der Waals surface area contributed by atoms with Crippen molar-refractivity contribution in [1.82, 2.24) is 4.57 Å². The fourth-order valence-electron chi connectivity index (χ4n) is 2.92. The van der Waals surface area contributed by atoms with Crippen molar-refractivity contribution in [1.29, 1.82) is 5.26 Å². The maximum atomic E-state index is 12.6. The number of carbonyl (C=O) groups excluding carboxylic acids is 1. The molecule has 2 aromatic rings. The van der Waals surface area contributed by atoms with Gasteiger partial charge < -0.3 is 19.4 Å². The van der Waals surface area contributed by atoms with E-state index >= 15 is 0 Å².